The van der Waals surface area contributed by atoms with Crippen LogP contribution in [-0.2, 0) is 4.74 Å². The summed E-state index contributed by atoms with van der Waals surface area (Å²) in [6.45, 7) is 2.36. The van der Waals surface area contributed by atoms with Crippen LogP contribution in [0.3, 0.4) is 0 Å². The van der Waals surface area contributed by atoms with Crippen LogP contribution in [0, 0.1) is 5.82 Å². The Balaban J connectivity index is 0.00000210. The maximum atomic E-state index is 14.5. The standard InChI is InChI=1S/C25H26F4N6O2.2ClH/c1-14(36-2)13-37-21-10-20-15(9-18(21)26)3-5-19(31-20)24-33-32-22-6-4-16(11-35(22)24)23(25(27,28)29)34-8-7-17(30)12-34;;/h3-6,9-11,14,17,23H,7-8,12-13,30H2,1-2H3;2*1H/t14-,17-,23+;;/m0../s1. The number of pyridine rings is 2. The summed E-state index contributed by atoms with van der Waals surface area (Å²) in [5, 5.41) is 8.80. The number of fused-ring (bicyclic) bond motifs is 2. The number of likely N-dealkylation sites (tertiary alicyclic amines) is 1. The normalized spacial score (nSPS) is 17.6. The van der Waals surface area contributed by atoms with E-state index in [1.54, 1.807) is 19.1 Å². The number of rotatable bonds is 7. The van der Waals surface area contributed by atoms with Crippen molar-refractivity contribution < 1.29 is 27.0 Å². The van der Waals surface area contributed by atoms with Crippen LogP contribution in [-0.4, -0.2) is 69.6 Å². The zero-order valence-corrected chi connectivity index (χ0v) is 22.7. The molecule has 1 aliphatic rings. The molecule has 0 spiro atoms. The molecule has 0 bridgehead atoms. The number of hydrogen-bond acceptors (Lipinski definition) is 7. The predicted octanol–water partition coefficient (Wildman–Crippen LogP) is 4.98. The molecule has 0 saturated carbocycles. The van der Waals surface area contributed by atoms with Crippen molar-refractivity contribution in [2.45, 2.75) is 37.7 Å². The number of methoxy groups -OCH3 is 1. The lowest BCUT2D eigenvalue weighted by atomic mass is 10.1. The van der Waals surface area contributed by atoms with E-state index in [-0.39, 0.29) is 73.8 Å². The molecule has 212 valence electrons. The Bertz CT molecular complexity index is 1440. The van der Waals surface area contributed by atoms with Crippen LogP contribution in [0.1, 0.15) is 24.9 Å². The number of hydrogen-bond donors (Lipinski definition) is 1. The summed E-state index contributed by atoms with van der Waals surface area (Å²) in [4.78, 5) is 5.93. The monoisotopic (exact) mass is 590 g/mol. The van der Waals surface area contributed by atoms with Crippen molar-refractivity contribution in [1.82, 2.24) is 24.5 Å². The Morgan fingerprint density at radius 3 is 2.56 bits per heavy atom. The van der Waals surface area contributed by atoms with Gasteiger partial charge in [-0.3, -0.25) is 9.30 Å². The third-order valence-electron chi connectivity index (χ3n) is 6.52. The largest absolute Gasteiger partial charge is 0.488 e. The van der Waals surface area contributed by atoms with Gasteiger partial charge >= 0.3 is 6.18 Å². The fourth-order valence-electron chi connectivity index (χ4n) is 4.53. The van der Waals surface area contributed by atoms with Crippen LogP contribution in [0.2, 0.25) is 0 Å². The number of halogens is 6. The fraction of sp³-hybridized carbons (Fsp3) is 0.400. The summed E-state index contributed by atoms with van der Waals surface area (Å²) in [6, 6.07) is 6.89. The van der Waals surface area contributed by atoms with Crippen molar-refractivity contribution in [1.29, 1.82) is 0 Å². The second-order valence-electron chi connectivity index (χ2n) is 9.23. The van der Waals surface area contributed by atoms with E-state index < -0.39 is 18.0 Å². The minimum absolute atomic E-state index is 0. The zero-order chi connectivity index (χ0) is 26.3. The molecule has 1 aromatic carbocycles. The molecule has 4 heterocycles. The molecule has 1 aliphatic heterocycles. The van der Waals surface area contributed by atoms with Gasteiger partial charge in [0, 0.05) is 43.9 Å². The van der Waals surface area contributed by atoms with E-state index in [4.69, 9.17) is 15.2 Å². The highest BCUT2D eigenvalue weighted by Crippen LogP contribution is 2.39. The van der Waals surface area contributed by atoms with Crippen molar-refractivity contribution >= 4 is 41.4 Å². The van der Waals surface area contributed by atoms with Gasteiger partial charge in [0.15, 0.2) is 23.0 Å². The molecule has 14 heteroatoms. The Labute approximate surface area is 234 Å². The average molecular weight is 591 g/mol. The van der Waals surface area contributed by atoms with Crippen LogP contribution in [0.5, 0.6) is 5.75 Å². The third-order valence-corrected chi connectivity index (χ3v) is 6.52. The van der Waals surface area contributed by atoms with Crippen LogP contribution < -0.4 is 10.5 Å². The Hall–Kier alpha value is -2.77. The Morgan fingerprint density at radius 2 is 1.90 bits per heavy atom. The number of nitrogens with zero attached hydrogens (tertiary/aromatic N) is 5. The van der Waals surface area contributed by atoms with E-state index in [0.29, 0.717) is 28.7 Å². The first-order valence-corrected chi connectivity index (χ1v) is 11.8. The molecular weight excluding hydrogens is 563 g/mol. The van der Waals surface area contributed by atoms with Gasteiger partial charge in [0.2, 0.25) is 0 Å². The molecule has 0 unspecified atom stereocenters. The van der Waals surface area contributed by atoms with E-state index >= 15 is 0 Å². The quantitative estimate of drug-likeness (QED) is 0.304. The molecule has 3 atom stereocenters. The van der Waals surface area contributed by atoms with Gasteiger partial charge in [0.05, 0.1) is 11.6 Å². The van der Waals surface area contributed by atoms with Crippen LogP contribution in [0.25, 0.3) is 28.1 Å². The van der Waals surface area contributed by atoms with Crippen molar-refractivity contribution in [3.63, 3.8) is 0 Å². The lowest BCUT2D eigenvalue weighted by Crippen LogP contribution is -2.38. The molecule has 0 amide bonds. The highest BCUT2D eigenvalue weighted by Gasteiger charge is 2.46. The summed E-state index contributed by atoms with van der Waals surface area (Å²) >= 11 is 0. The molecule has 8 nitrogen and oxygen atoms in total. The van der Waals surface area contributed by atoms with Crippen molar-refractivity contribution in [2.75, 3.05) is 26.8 Å². The molecule has 2 N–H and O–H groups in total. The Morgan fingerprint density at radius 1 is 1.13 bits per heavy atom. The molecule has 39 heavy (non-hydrogen) atoms. The van der Waals surface area contributed by atoms with E-state index in [0.717, 1.165) is 0 Å². The van der Waals surface area contributed by atoms with Gasteiger partial charge in [-0.05, 0) is 37.1 Å². The summed E-state index contributed by atoms with van der Waals surface area (Å²) in [5.41, 5.74) is 7.12. The summed E-state index contributed by atoms with van der Waals surface area (Å²) in [5.74, 6) is -0.258. The number of alkyl halides is 3. The number of benzene rings is 1. The van der Waals surface area contributed by atoms with Gasteiger partial charge in [-0.1, -0.05) is 12.1 Å². The van der Waals surface area contributed by atoms with Gasteiger partial charge in [-0.2, -0.15) is 13.2 Å². The van der Waals surface area contributed by atoms with E-state index in [2.05, 4.69) is 15.2 Å². The van der Waals surface area contributed by atoms with Gasteiger partial charge in [-0.15, -0.1) is 35.0 Å². The number of ether oxygens (including phenoxy) is 2. The SMILES string of the molecule is CO[C@@H](C)COc1cc2nc(-c3nnc4ccc([C@@H](N5CC[C@H](N)C5)C(F)(F)F)cn34)ccc2cc1F.Cl.Cl. The summed E-state index contributed by atoms with van der Waals surface area (Å²) in [7, 11) is 1.53. The lowest BCUT2D eigenvalue weighted by molar-refractivity contribution is -0.183. The zero-order valence-electron chi connectivity index (χ0n) is 21.1. The number of nitrogens with two attached hydrogens (primary N) is 1. The van der Waals surface area contributed by atoms with Crippen molar-refractivity contribution in [2.24, 2.45) is 5.73 Å². The molecule has 3 aromatic heterocycles. The first-order valence-electron chi connectivity index (χ1n) is 11.8. The average Bonchev–Trinajstić information content (AvgIpc) is 3.47. The van der Waals surface area contributed by atoms with Gasteiger partial charge < -0.3 is 15.2 Å². The first-order chi connectivity index (χ1) is 17.6. The first kappa shape index (κ1) is 30.8. The lowest BCUT2D eigenvalue weighted by Gasteiger charge is -2.30. The van der Waals surface area contributed by atoms with Crippen molar-refractivity contribution in [3.05, 3.63) is 54.0 Å². The topological polar surface area (TPSA) is 90.8 Å². The van der Waals surface area contributed by atoms with Crippen LogP contribution in [0.15, 0.2) is 42.6 Å². The van der Waals surface area contributed by atoms with E-state index in [1.165, 1.54) is 46.9 Å². The van der Waals surface area contributed by atoms with Crippen LogP contribution >= 0.6 is 24.8 Å². The third kappa shape index (κ3) is 6.36. The molecule has 0 aliphatic carbocycles. The highest BCUT2D eigenvalue weighted by atomic mass is 35.5. The molecule has 1 saturated heterocycles. The van der Waals surface area contributed by atoms with Crippen LogP contribution in [0.4, 0.5) is 17.6 Å². The second kappa shape index (κ2) is 12.2. The minimum atomic E-state index is -4.49. The summed E-state index contributed by atoms with van der Waals surface area (Å²) in [6.07, 6.45) is -2.83. The molecule has 4 aromatic rings. The fourth-order valence-corrected chi connectivity index (χ4v) is 4.53. The molecular formula is C25H28Cl2F4N6O2. The van der Waals surface area contributed by atoms with Gasteiger partial charge in [0.25, 0.3) is 0 Å². The van der Waals surface area contributed by atoms with Crippen molar-refractivity contribution in [3.8, 4) is 17.3 Å². The minimum Gasteiger partial charge on any atom is -0.488 e. The Kier molecular flexibility index (Phi) is 9.60. The van der Waals surface area contributed by atoms with Gasteiger partial charge in [0.1, 0.15) is 18.3 Å². The predicted molar refractivity (Wildman–Crippen MR) is 143 cm³/mol. The van der Waals surface area contributed by atoms with Gasteiger partial charge in [-0.25, -0.2) is 9.37 Å². The van der Waals surface area contributed by atoms with E-state index in [1.807, 2.05) is 0 Å². The van der Waals surface area contributed by atoms with E-state index in [9.17, 15) is 17.6 Å². The highest BCUT2D eigenvalue weighted by molar-refractivity contribution is 5.85. The second-order valence-corrected chi connectivity index (χ2v) is 9.23. The molecule has 0 radical (unpaired) electrons. The maximum absolute atomic E-state index is 14.5. The molecule has 1 fully saturated rings. The summed E-state index contributed by atoms with van der Waals surface area (Å²) < 4.78 is 69.0. The maximum Gasteiger partial charge on any atom is 0.408 e. The molecule has 5 rings (SSSR count). The smallest absolute Gasteiger partial charge is 0.408 e. The number of aromatic nitrogens is 4.